The molecule has 1 aliphatic carbocycles. The second-order valence-corrected chi connectivity index (χ2v) is 11.2. The van der Waals surface area contributed by atoms with E-state index in [-0.39, 0.29) is 0 Å². The normalized spacial score (nSPS) is 18.7. The van der Waals surface area contributed by atoms with Gasteiger partial charge in [-0.1, -0.05) is 101 Å². The van der Waals surface area contributed by atoms with Crippen molar-refractivity contribution in [3.63, 3.8) is 0 Å². The first-order valence-corrected chi connectivity index (χ1v) is 13.2. The average Bonchev–Trinajstić information content (AvgIpc) is 3.40. The van der Waals surface area contributed by atoms with Crippen molar-refractivity contribution >= 4 is 53.5 Å². The van der Waals surface area contributed by atoms with E-state index >= 15 is 0 Å². The zero-order valence-corrected chi connectivity index (χ0v) is 19.8. The van der Waals surface area contributed by atoms with Gasteiger partial charge in [-0.3, -0.25) is 0 Å². The fourth-order valence-electron chi connectivity index (χ4n) is 5.24. The molecular weight excluding hydrogens is 434 g/mol. The lowest BCUT2D eigenvalue weighted by atomic mass is 9.91. The van der Waals surface area contributed by atoms with Crippen molar-refractivity contribution in [3.8, 4) is 5.69 Å². The van der Waals surface area contributed by atoms with E-state index in [9.17, 15) is 0 Å². The predicted molar refractivity (Wildman–Crippen MR) is 143 cm³/mol. The summed E-state index contributed by atoms with van der Waals surface area (Å²) in [5, 5.41) is 5.99. The van der Waals surface area contributed by atoms with E-state index in [0.29, 0.717) is 20.7 Å². The highest BCUT2D eigenvalue weighted by atomic mass is 32.2. The van der Waals surface area contributed by atoms with Gasteiger partial charge in [0.1, 0.15) is 9.52 Å². The first kappa shape index (κ1) is 19.2. The zero-order chi connectivity index (χ0) is 21.8. The standard InChI is InChI=1S/C30H21NSSi/c1-2-10-21(11-3-1)33-22-12-8-9-20(19-22)31-26-15-6-4-14-25(26)29-27(31)18-17-24-23-13-5-7-16-28(23)32-30(24)29/h1-19,23,28H. The summed E-state index contributed by atoms with van der Waals surface area (Å²) >= 11 is 2.03. The maximum atomic E-state index is 2.46. The molecule has 0 spiro atoms. The molecule has 3 heteroatoms. The third-order valence-corrected chi connectivity index (χ3v) is 9.31. The molecule has 1 aliphatic heterocycles. The van der Waals surface area contributed by atoms with Gasteiger partial charge in [-0.05, 0) is 29.8 Å². The lowest BCUT2D eigenvalue weighted by molar-refractivity contribution is 0.883. The summed E-state index contributed by atoms with van der Waals surface area (Å²) in [6.45, 7) is 0. The summed E-state index contributed by atoms with van der Waals surface area (Å²) in [5.41, 5.74) is 5.29. The molecule has 0 fully saturated rings. The minimum absolute atomic E-state index is 0.483. The molecule has 7 rings (SSSR count). The maximum absolute atomic E-state index is 2.46. The Morgan fingerprint density at radius 2 is 1.52 bits per heavy atom. The number of allylic oxidation sites excluding steroid dienone is 3. The molecule has 2 aliphatic rings. The number of rotatable bonds is 3. The molecule has 2 radical (unpaired) electrons. The Morgan fingerprint density at radius 1 is 0.697 bits per heavy atom. The maximum Gasteiger partial charge on any atom is 0.121 e. The first-order valence-electron chi connectivity index (χ1n) is 11.4. The monoisotopic (exact) mass is 455 g/mol. The molecule has 2 heterocycles. The zero-order valence-electron chi connectivity index (χ0n) is 18.0. The lowest BCUT2D eigenvalue weighted by Crippen LogP contribution is -2.26. The van der Waals surface area contributed by atoms with E-state index in [4.69, 9.17) is 0 Å². The van der Waals surface area contributed by atoms with Gasteiger partial charge >= 0.3 is 0 Å². The number of thioether (sulfide) groups is 1. The van der Waals surface area contributed by atoms with E-state index < -0.39 is 0 Å². The number of para-hydroxylation sites is 1. The lowest BCUT2D eigenvalue weighted by Gasteiger charge is -2.14. The van der Waals surface area contributed by atoms with Crippen LogP contribution in [-0.2, 0) is 0 Å². The highest BCUT2D eigenvalue weighted by molar-refractivity contribution is 8.00. The Hall–Kier alpha value is -3.27. The minimum atomic E-state index is 0.483. The Labute approximate surface area is 200 Å². The second-order valence-electron chi connectivity index (χ2n) is 8.65. The molecular formula is C30H21NSSi. The van der Waals surface area contributed by atoms with Crippen molar-refractivity contribution in [2.24, 2.45) is 0 Å². The SMILES string of the molecule is C1=CC2Sc3c(ccc4c3c3ccccc3n4-c3cccc([Si]c4ccccc4)c3)C2C=C1. The minimum Gasteiger partial charge on any atom is -0.309 e. The largest absolute Gasteiger partial charge is 0.309 e. The van der Waals surface area contributed by atoms with Gasteiger partial charge in [0.05, 0.1) is 11.0 Å². The second kappa shape index (κ2) is 7.65. The smallest absolute Gasteiger partial charge is 0.121 e. The van der Waals surface area contributed by atoms with E-state index in [1.165, 1.54) is 48.3 Å². The van der Waals surface area contributed by atoms with E-state index in [2.05, 4.69) is 120 Å². The molecule has 33 heavy (non-hydrogen) atoms. The summed E-state index contributed by atoms with van der Waals surface area (Å²) in [5.74, 6) is 0.483. The number of nitrogens with zero attached hydrogens (tertiary/aromatic N) is 1. The third kappa shape index (κ3) is 3.07. The first-order chi connectivity index (χ1) is 16.4. The third-order valence-electron chi connectivity index (χ3n) is 6.69. The van der Waals surface area contributed by atoms with E-state index in [1.54, 1.807) is 0 Å². The van der Waals surface area contributed by atoms with Gasteiger partial charge in [0.15, 0.2) is 0 Å². The highest BCUT2D eigenvalue weighted by Gasteiger charge is 2.33. The molecule has 5 aromatic rings. The number of hydrogen-bond donors (Lipinski definition) is 0. The fourth-order valence-corrected chi connectivity index (χ4v) is 7.83. The molecule has 156 valence electrons. The Bertz CT molecular complexity index is 1580. The van der Waals surface area contributed by atoms with Crippen LogP contribution in [0.15, 0.2) is 120 Å². The van der Waals surface area contributed by atoms with Gasteiger partial charge in [-0.15, -0.1) is 11.8 Å². The molecule has 0 N–H and O–H groups in total. The molecule has 2 unspecified atom stereocenters. The van der Waals surface area contributed by atoms with Gasteiger partial charge in [-0.25, -0.2) is 0 Å². The molecule has 0 amide bonds. The highest BCUT2D eigenvalue weighted by Crippen LogP contribution is 2.52. The molecule has 0 bridgehead atoms. The van der Waals surface area contributed by atoms with Crippen LogP contribution >= 0.6 is 11.8 Å². The van der Waals surface area contributed by atoms with E-state index in [1.807, 2.05) is 11.8 Å². The van der Waals surface area contributed by atoms with Gasteiger partial charge in [-0.2, -0.15) is 0 Å². The van der Waals surface area contributed by atoms with Crippen LogP contribution < -0.4 is 10.4 Å². The van der Waals surface area contributed by atoms with Crippen molar-refractivity contribution in [3.05, 3.63) is 121 Å². The van der Waals surface area contributed by atoms with Crippen molar-refractivity contribution in [1.29, 1.82) is 0 Å². The van der Waals surface area contributed by atoms with Crippen molar-refractivity contribution in [2.45, 2.75) is 16.1 Å². The molecule has 0 saturated heterocycles. The summed E-state index contributed by atoms with van der Waals surface area (Å²) in [6.07, 6.45) is 9.11. The predicted octanol–water partition coefficient (Wildman–Crippen LogP) is 6.12. The van der Waals surface area contributed by atoms with Crippen LogP contribution in [0.5, 0.6) is 0 Å². The molecule has 1 nitrogen and oxygen atoms in total. The van der Waals surface area contributed by atoms with Crippen LogP contribution in [0.25, 0.3) is 27.5 Å². The van der Waals surface area contributed by atoms with Crippen LogP contribution in [0.2, 0.25) is 0 Å². The quantitative estimate of drug-likeness (QED) is 0.297. The Kier molecular flexibility index (Phi) is 4.46. The Balaban J connectivity index is 1.43. The number of hydrogen-bond acceptors (Lipinski definition) is 1. The number of benzene rings is 4. The van der Waals surface area contributed by atoms with Crippen LogP contribution in [0.4, 0.5) is 0 Å². The van der Waals surface area contributed by atoms with Gasteiger partial charge in [0, 0.05) is 32.5 Å². The van der Waals surface area contributed by atoms with E-state index in [0.717, 1.165) is 0 Å². The molecule has 1 aromatic heterocycles. The van der Waals surface area contributed by atoms with Gasteiger partial charge in [0.25, 0.3) is 0 Å². The fraction of sp³-hybridized carbons (Fsp3) is 0.0667. The van der Waals surface area contributed by atoms with Crippen molar-refractivity contribution in [1.82, 2.24) is 4.57 Å². The number of fused-ring (bicyclic) bond motifs is 7. The molecule has 4 aromatic carbocycles. The Morgan fingerprint density at radius 3 is 2.45 bits per heavy atom. The molecule has 0 saturated carbocycles. The van der Waals surface area contributed by atoms with Gasteiger partial charge < -0.3 is 4.57 Å². The van der Waals surface area contributed by atoms with Crippen molar-refractivity contribution in [2.75, 3.05) is 0 Å². The summed E-state index contributed by atoms with van der Waals surface area (Å²) in [6, 6.07) is 33.4. The summed E-state index contributed by atoms with van der Waals surface area (Å²) in [7, 11) is 0.654. The topological polar surface area (TPSA) is 4.93 Å². The number of aromatic nitrogens is 1. The van der Waals surface area contributed by atoms with Crippen molar-refractivity contribution < 1.29 is 0 Å². The van der Waals surface area contributed by atoms with Crippen LogP contribution in [-0.4, -0.2) is 19.3 Å². The summed E-state index contributed by atoms with van der Waals surface area (Å²) in [4.78, 5) is 1.45. The van der Waals surface area contributed by atoms with Crippen LogP contribution in [0, 0.1) is 0 Å². The van der Waals surface area contributed by atoms with Crippen LogP contribution in [0.1, 0.15) is 11.5 Å². The summed E-state index contributed by atoms with van der Waals surface area (Å²) < 4.78 is 2.46. The molecule has 2 atom stereocenters. The average molecular weight is 456 g/mol. The van der Waals surface area contributed by atoms with Crippen LogP contribution in [0.3, 0.4) is 0 Å². The van der Waals surface area contributed by atoms with Gasteiger partial charge in [0.2, 0.25) is 0 Å².